The Morgan fingerprint density at radius 1 is 1.38 bits per heavy atom. The van der Waals surface area contributed by atoms with Gasteiger partial charge in [-0.1, -0.05) is 13.8 Å². The van der Waals surface area contributed by atoms with Crippen LogP contribution >= 0.6 is 0 Å². The van der Waals surface area contributed by atoms with Crippen LogP contribution in [0.4, 0.5) is 5.82 Å². The summed E-state index contributed by atoms with van der Waals surface area (Å²) in [4.78, 5) is 2.07. The van der Waals surface area contributed by atoms with E-state index in [9.17, 15) is 8.42 Å². The van der Waals surface area contributed by atoms with Gasteiger partial charge in [-0.05, 0) is 27.4 Å². The third kappa shape index (κ3) is 4.18. The summed E-state index contributed by atoms with van der Waals surface area (Å²) in [7, 11) is 0.217. The summed E-state index contributed by atoms with van der Waals surface area (Å²) in [6.45, 7) is 7.43. The minimum atomic E-state index is -3.63. The van der Waals surface area contributed by atoms with E-state index in [1.165, 1.54) is 10.5 Å². The van der Waals surface area contributed by atoms with E-state index in [4.69, 9.17) is 5.73 Å². The average Bonchev–Trinajstić information content (AvgIpc) is 2.71. The van der Waals surface area contributed by atoms with E-state index in [1.807, 2.05) is 39.8 Å². The summed E-state index contributed by atoms with van der Waals surface area (Å²) in [5, 5.41) is 4.08. The molecule has 0 amide bonds. The first-order valence-electron chi connectivity index (χ1n) is 7.23. The van der Waals surface area contributed by atoms with E-state index >= 15 is 0 Å². The molecule has 0 saturated carbocycles. The Balaban J connectivity index is 3.12. The van der Waals surface area contributed by atoms with Gasteiger partial charge in [0.25, 0.3) is 0 Å². The first kappa shape index (κ1) is 17.9. The number of nitrogen functional groups attached to an aromatic ring is 1. The normalized spacial score (nSPS) is 14.0. The first-order valence-corrected chi connectivity index (χ1v) is 8.67. The topological polar surface area (TPSA) is 84.5 Å². The van der Waals surface area contributed by atoms with E-state index in [0.717, 1.165) is 6.42 Å². The number of rotatable bonds is 8. The molecule has 0 radical (unpaired) electrons. The summed E-state index contributed by atoms with van der Waals surface area (Å²) >= 11 is 0. The van der Waals surface area contributed by atoms with Gasteiger partial charge >= 0.3 is 0 Å². The maximum atomic E-state index is 12.8. The maximum Gasteiger partial charge on any atom is 0.248 e. The number of hydrogen-bond acceptors (Lipinski definition) is 5. The quantitative estimate of drug-likeness (QED) is 0.768. The predicted molar refractivity (Wildman–Crippen MR) is 84.5 cm³/mol. The Morgan fingerprint density at radius 2 is 2.00 bits per heavy atom. The SMILES string of the molecule is CCCn1cc(S(=O)(=O)N(CC)C(C)CN(C)C)c(N)n1. The van der Waals surface area contributed by atoms with Gasteiger partial charge in [-0.2, -0.15) is 9.40 Å². The second-order valence-electron chi connectivity index (χ2n) is 5.46. The monoisotopic (exact) mass is 317 g/mol. The highest BCUT2D eigenvalue weighted by molar-refractivity contribution is 7.89. The van der Waals surface area contributed by atoms with Crippen LogP contribution in [-0.2, 0) is 16.6 Å². The fraction of sp³-hybridized carbons (Fsp3) is 0.769. The lowest BCUT2D eigenvalue weighted by molar-refractivity contribution is 0.271. The molecule has 0 aliphatic rings. The van der Waals surface area contributed by atoms with Gasteiger partial charge in [0.05, 0.1) is 0 Å². The zero-order valence-electron chi connectivity index (χ0n) is 13.6. The highest BCUT2D eigenvalue weighted by Crippen LogP contribution is 2.23. The molecule has 1 unspecified atom stereocenters. The van der Waals surface area contributed by atoms with Gasteiger partial charge < -0.3 is 10.6 Å². The first-order chi connectivity index (χ1) is 9.73. The van der Waals surface area contributed by atoms with Crippen LogP contribution in [0.25, 0.3) is 0 Å². The molecular weight excluding hydrogens is 290 g/mol. The molecule has 0 fully saturated rings. The van der Waals surface area contributed by atoms with Crippen molar-refractivity contribution in [1.82, 2.24) is 19.0 Å². The van der Waals surface area contributed by atoms with Gasteiger partial charge in [0.2, 0.25) is 10.0 Å². The molecule has 8 heteroatoms. The number of aromatic nitrogens is 2. The highest BCUT2D eigenvalue weighted by atomic mass is 32.2. The average molecular weight is 317 g/mol. The molecule has 0 aromatic carbocycles. The van der Waals surface area contributed by atoms with Crippen LogP contribution in [0, 0.1) is 0 Å². The third-order valence-electron chi connectivity index (χ3n) is 3.23. The van der Waals surface area contributed by atoms with Gasteiger partial charge in [0.15, 0.2) is 5.82 Å². The van der Waals surface area contributed by atoms with Crippen LogP contribution in [0.5, 0.6) is 0 Å². The molecule has 122 valence electrons. The van der Waals surface area contributed by atoms with Crippen LogP contribution < -0.4 is 5.73 Å². The number of aryl methyl sites for hydroxylation is 1. The summed E-state index contributed by atoms with van der Waals surface area (Å²) in [6.07, 6.45) is 2.40. The fourth-order valence-corrected chi connectivity index (χ4v) is 4.12. The van der Waals surface area contributed by atoms with Gasteiger partial charge in [0.1, 0.15) is 4.90 Å². The molecule has 2 N–H and O–H groups in total. The Morgan fingerprint density at radius 3 is 2.48 bits per heavy atom. The van der Waals surface area contributed by atoms with Crippen LogP contribution in [0.2, 0.25) is 0 Å². The van der Waals surface area contributed by atoms with Crippen molar-refractivity contribution >= 4 is 15.8 Å². The van der Waals surface area contributed by atoms with Crippen LogP contribution in [0.3, 0.4) is 0 Å². The van der Waals surface area contributed by atoms with Crippen LogP contribution in [-0.4, -0.2) is 60.6 Å². The molecule has 0 spiro atoms. The number of likely N-dealkylation sites (N-methyl/N-ethyl adjacent to an activating group) is 2. The molecule has 1 aromatic heterocycles. The summed E-state index contributed by atoms with van der Waals surface area (Å²) in [5.41, 5.74) is 5.80. The summed E-state index contributed by atoms with van der Waals surface area (Å²) < 4.78 is 28.7. The summed E-state index contributed by atoms with van der Waals surface area (Å²) in [6, 6.07) is -0.135. The molecule has 1 heterocycles. The Labute approximate surface area is 127 Å². The lowest BCUT2D eigenvalue weighted by Crippen LogP contribution is -2.43. The Kier molecular flexibility index (Phi) is 6.18. The molecule has 21 heavy (non-hydrogen) atoms. The van der Waals surface area contributed by atoms with E-state index in [1.54, 1.807) is 4.68 Å². The minimum absolute atomic E-state index is 0.0685. The smallest absolute Gasteiger partial charge is 0.248 e. The lowest BCUT2D eigenvalue weighted by Gasteiger charge is -2.28. The predicted octanol–water partition coefficient (Wildman–Crippen LogP) is 0.836. The molecule has 0 saturated heterocycles. The van der Waals surface area contributed by atoms with Crippen molar-refractivity contribution in [2.24, 2.45) is 0 Å². The van der Waals surface area contributed by atoms with E-state index in [-0.39, 0.29) is 16.8 Å². The zero-order chi connectivity index (χ0) is 16.2. The molecule has 7 nitrogen and oxygen atoms in total. The number of anilines is 1. The van der Waals surface area contributed by atoms with Crippen molar-refractivity contribution in [3.05, 3.63) is 6.20 Å². The van der Waals surface area contributed by atoms with Crippen molar-refractivity contribution in [3.8, 4) is 0 Å². The maximum absolute atomic E-state index is 12.8. The minimum Gasteiger partial charge on any atom is -0.381 e. The third-order valence-corrected chi connectivity index (χ3v) is 5.33. The molecular formula is C13H27N5O2S. The highest BCUT2D eigenvalue weighted by Gasteiger charge is 2.31. The van der Waals surface area contributed by atoms with Crippen molar-refractivity contribution in [1.29, 1.82) is 0 Å². The second-order valence-corrected chi connectivity index (χ2v) is 7.32. The second kappa shape index (κ2) is 7.24. The lowest BCUT2D eigenvalue weighted by atomic mass is 10.3. The molecule has 1 atom stereocenters. The summed E-state index contributed by atoms with van der Waals surface area (Å²) in [5.74, 6) is 0.0685. The Hall–Kier alpha value is -1.12. The van der Waals surface area contributed by atoms with Crippen LogP contribution in [0.15, 0.2) is 11.1 Å². The number of nitrogens with two attached hydrogens (primary N) is 1. The van der Waals surface area contributed by atoms with E-state index < -0.39 is 10.0 Å². The standard InChI is InChI=1S/C13H27N5O2S/c1-6-8-17-10-12(13(14)15-17)21(19,20)18(7-2)11(3)9-16(4)5/h10-11H,6-9H2,1-5H3,(H2,14,15). The van der Waals surface area contributed by atoms with Gasteiger partial charge in [-0.3, -0.25) is 4.68 Å². The number of sulfonamides is 1. The number of nitrogens with zero attached hydrogens (tertiary/aromatic N) is 4. The molecule has 1 rings (SSSR count). The van der Waals surface area contributed by atoms with E-state index in [2.05, 4.69) is 5.10 Å². The van der Waals surface area contributed by atoms with Gasteiger partial charge in [-0.25, -0.2) is 8.42 Å². The molecule has 0 bridgehead atoms. The number of hydrogen-bond donors (Lipinski definition) is 1. The van der Waals surface area contributed by atoms with Crippen molar-refractivity contribution < 1.29 is 8.42 Å². The van der Waals surface area contributed by atoms with Crippen LogP contribution in [0.1, 0.15) is 27.2 Å². The van der Waals surface area contributed by atoms with Gasteiger partial charge in [-0.15, -0.1) is 0 Å². The fourth-order valence-electron chi connectivity index (χ4n) is 2.42. The van der Waals surface area contributed by atoms with Crippen molar-refractivity contribution in [2.45, 2.75) is 44.7 Å². The molecule has 0 aliphatic carbocycles. The zero-order valence-corrected chi connectivity index (χ0v) is 14.4. The Bertz CT molecular complexity index is 553. The molecule has 0 aliphatic heterocycles. The van der Waals surface area contributed by atoms with Crippen molar-refractivity contribution in [3.63, 3.8) is 0 Å². The van der Waals surface area contributed by atoms with Crippen molar-refractivity contribution in [2.75, 3.05) is 32.9 Å². The largest absolute Gasteiger partial charge is 0.381 e. The molecule has 1 aromatic rings. The van der Waals surface area contributed by atoms with E-state index in [0.29, 0.717) is 19.6 Å². The van der Waals surface area contributed by atoms with Gasteiger partial charge in [0, 0.05) is 31.9 Å².